The molecule has 2 fully saturated rings. The van der Waals surface area contributed by atoms with Gasteiger partial charge < -0.3 is 15.2 Å². The van der Waals surface area contributed by atoms with Crippen LogP contribution in [-0.4, -0.2) is 76.3 Å². The molecule has 46 heavy (non-hydrogen) atoms. The first-order valence-corrected chi connectivity index (χ1v) is 15.7. The molecule has 2 aliphatic heterocycles. The lowest BCUT2D eigenvalue weighted by Gasteiger charge is -2.27. The van der Waals surface area contributed by atoms with Gasteiger partial charge in [0.2, 0.25) is 11.8 Å². The Morgan fingerprint density at radius 1 is 0.957 bits per heavy atom. The molecule has 2 N–H and O–H groups in total. The first-order valence-electron chi connectivity index (χ1n) is 15.7. The van der Waals surface area contributed by atoms with Gasteiger partial charge in [-0.25, -0.2) is 14.5 Å². The molecule has 2 heterocycles. The Morgan fingerprint density at radius 3 is 2.28 bits per heavy atom. The van der Waals surface area contributed by atoms with Crippen LogP contribution in [0, 0.1) is 11.8 Å². The third kappa shape index (κ3) is 7.69. The first kappa shape index (κ1) is 32.6. The summed E-state index contributed by atoms with van der Waals surface area (Å²) < 4.78 is 4.92. The number of hydrogen-bond acceptors (Lipinski definition) is 7. The summed E-state index contributed by atoms with van der Waals surface area (Å²) in [6, 6.07) is 24.9. The Hall–Kier alpha value is -4.83. The number of amides is 3. The SMILES string of the molecule is CC(C)[C@@H](CC(=O)N1CCOC1=O)[C@H](N=C(c1ccccc1)c1ccccc1NC(=O)[C@@H]1CCCN1Cc1ccccc1)C(=O)O. The number of carboxylic acid groups (broad SMARTS) is 1. The van der Waals surface area contributed by atoms with Gasteiger partial charge in [0.05, 0.1) is 24.0 Å². The number of likely N-dealkylation sites (tertiary alicyclic amines) is 1. The molecular formula is C36H40N4O6. The van der Waals surface area contributed by atoms with E-state index >= 15 is 0 Å². The Balaban J connectivity index is 1.47. The summed E-state index contributed by atoms with van der Waals surface area (Å²) >= 11 is 0. The number of rotatable bonds is 12. The molecule has 10 nitrogen and oxygen atoms in total. The quantitative estimate of drug-likeness (QED) is 0.265. The highest BCUT2D eigenvalue weighted by Gasteiger charge is 2.37. The zero-order valence-corrected chi connectivity index (χ0v) is 26.2. The lowest BCUT2D eigenvalue weighted by molar-refractivity contribution is -0.141. The number of carboxylic acids is 1. The van der Waals surface area contributed by atoms with Crippen molar-refractivity contribution >= 4 is 35.3 Å². The van der Waals surface area contributed by atoms with E-state index in [1.165, 1.54) is 0 Å². The second-order valence-corrected chi connectivity index (χ2v) is 12.0. The molecule has 0 saturated carbocycles. The van der Waals surface area contributed by atoms with Gasteiger partial charge in [-0.2, -0.15) is 0 Å². The average Bonchev–Trinajstić information content (AvgIpc) is 3.70. The maximum absolute atomic E-state index is 13.8. The van der Waals surface area contributed by atoms with Crippen LogP contribution >= 0.6 is 0 Å². The van der Waals surface area contributed by atoms with E-state index < -0.39 is 29.9 Å². The summed E-state index contributed by atoms with van der Waals surface area (Å²) in [5.41, 5.74) is 3.27. The number of hydrogen-bond donors (Lipinski definition) is 2. The zero-order chi connectivity index (χ0) is 32.6. The summed E-state index contributed by atoms with van der Waals surface area (Å²) in [4.78, 5) is 59.8. The van der Waals surface area contributed by atoms with Gasteiger partial charge in [-0.1, -0.05) is 92.7 Å². The summed E-state index contributed by atoms with van der Waals surface area (Å²) in [6.45, 7) is 5.41. The number of nitrogens with one attached hydrogen (secondary N) is 1. The number of aliphatic carboxylic acids is 1. The van der Waals surface area contributed by atoms with E-state index in [0.29, 0.717) is 29.1 Å². The average molecular weight is 625 g/mol. The molecule has 3 aromatic rings. The maximum atomic E-state index is 13.8. The second kappa shape index (κ2) is 15.0. The van der Waals surface area contributed by atoms with E-state index in [0.717, 1.165) is 29.8 Å². The fourth-order valence-corrected chi connectivity index (χ4v) is 6.16. The minimum Gasteiger partial charge on any atom is -0.480 e. The molecule has 0 unspecified atom stereocenters. The van der Waals surface area contributed by atoms with Gasteiger partial charge in [-0.3, -0.25) is 19.5 Å². The van der Waals surface area contributed by atoms with Crippen LogP contribution in [0.15, 0.2) is 89.9 Å². The molecule has 3 aromatic carbocycles. The number of carbonyl (C=O) groups excluding carboxylic acids is 3. The highest BCUT2D eigenvalue weighted by molar-refractivity contribution is 6.17. The van der Waals surface area contributed by atoms with Gasteiger partial charge >= 0.3 is 12.1 Å². The highest BCUT2D eigenvalue weighted by Crippen LogP contribution is 2.29. The third-order valence-corrected chi connectivity index (χ3v) is 8.64. The molecule has 0 bridgehead atoms. The van der Waals surface area contributed by atoms with Crippen molar-refractivity contribution in [1.82, 2.24) is 9.80 Å². The normalized spacial score (nSPS) is 18.3. The standard InChI is InChI=1S/C36H40N4O6/c1-24(2)28(22-31(41)40-20-21-46-36(40)45)33(35(43)44)38-32(26-14-7-4-8-15-26)27-16-9-10-17-29(27)37-34(42)30-18-11-19-39(30)23-25-12-5-3-6-13-25/h3-10,12-17,24,28,30,33H,11,18-23H2,1-2H3,(H,37,42)(H,43,44)/t28-,30+,33+/m1/s1. The smallest absolute Gasteiger partial charge is 0.416 e. The zero-order valence-electron chi connectivity index (χ0n) is 26.2. The molecule has 0 spiro atoms. The monoisotopic (exact) mass is 624 g/mol. The fourth-order valence-electron chi connectivity index (χ4n) is 6.16. The molecule has 10 heteroatoms. The lowest BCUT2D eigenvalue weighted by atomic mass is 9.85. The minimum atomic E-state index is -1.31. The first-order chi connectivity index (χ1) is 22.2. The maximum Gasteiger partial charge on any atom is 0.416 e. The van der Waals surface area contributed by atoms with E-state index in [9.17, 15) is 24.3 Å². The van der Waals surface area contributed by atoms with Gasteiger partial charge in [-0.15, -0.1) is 0 Å². The molecule has 2 aliphatic rings. The van der Waals surface area contributed by atoms with Gasteiger partial charge in [0.25, 0.3) is 0 Å². The van der Waals surface area contributed by atoms with Crippen molar-refractivity contribution in [1.29, 1.82) is 0 Å². The number of anilines is 1. The van der Waals surface area contributed by atoms with Crippen LogP contribution in [0.4, 0.5) is 10.5 Å². The van der Waals surface area contributed by atoms with Crippen molar-refractivity contribution in [3.63, 3.8) is 0 Å². The van der Waals surface area contributed by atoms with Crippen LogP contribution in [0.2, 0.25) is 0 Å². The number of imide groups is 1. The number of para-hydroxylation sites is 1. The largest absolute Gasteiger partial charge is 0.480 e. The summed E-state index contributed by atoms with van der Waals surface area (Å²) in [5.74, 6) is -2.78. The van der Waals surface area contributed by atoms with Crippen molar-refractivity contribution < 1.29 is 29.0 Å². The number of nitrogens with zero attached hydrogens (tertiary/aromatic N) is 3. The fraction of sp³-hybridized carbons (Fsp3) is 0.361. The molecule has 0 radical (unpaired) electrons. The van der Waals surface area contributed by atoms with E-state index in [2.05, 4.69) is 22.3 Å². The molecule has 0 aliphatic carbocycles. The second-order valence-electron chi connectivity index (χ2n) is 12.0. The Morgan fingerprint density at radius 2 is 1.63 bits per heavy atom. The molecule has 3 atom stereocenters. The van der Waals surface area contributed by atoms with Gasteiger partial charge in [0.1, 0.15) is 6.61 Å². The predicted molar refractivity (Wildman–Crippen MR) is 174 cm³/mol. The molecule has 240 valence electrons. The van der Waals surface area contributed by atoms with E-state index in [1.54, 1.807) is 6.07 Å². The third-order valence-electron chi connectivity index (χ3n) is 8.64. The molecule has 3 amide bonds. The molecule has 0 aromatic heterocycles. The van der Waals surface area contributed by atoms with Crippen molar-refractivity contribution in [3.05, 3.63) is 102 Å². The Kier molecular flexibility index (Phi) is 10.6. The van der Waals surface area contributed by atoms with Crippen molar-refractivity contribution in [3.8, 4) is 0 Å². The van der Waals surface area contributed by atoms with Crippen molar-refractivity contribution in [2.24, 2.45) is 16.8 Å². The molecule has 2 saturated heterocycles. The predicted octanol–water partition coefficient (Wildman–Crippen LogP) is 5.22. The number of carbonyl (C=O) groups is 4. The van der Waals surface area contributed by atoms with Crippen molar-refractivity contribution in [2.75, 3.05) is 25.0 Å². The Labute approximate surface area is 269 Å². The van der Waals surface area contributed by atoms with Crippen LogP contribution in [0.1, 0.15) is 49.8 Å². The van der Waals surface area contributed by atoms with E-state index in [1.807, 2.05) is 80.6 Å². The minimum absolute atomic E-state index is 0.114. The topological polar surface area (TPSA) is 129 Å². The molecule has 5 rings (SSSR count). The van der Waals surface area contributed by atoms with Crippen LogP contribution < -0.4 is 5.32 Å². The number of aliphatic imine (C=N–C) groups is 1. The lowest BCUT2D eigenvalue weighted by Crippen LogP contribution is -2.40. The summed E-state index contributed by atoms with van der Waals surface area (Å²) in [6.07, 6.45) is 0.735. The number of benzene rings is 3. The van der Waals surface area contributed by atoms with Crippen LogP contribution in [0.3, 0.4) is 0 Å². The van der Waals surface area contributed by atoms with Gasteiger partial charge in [0, 0.05) is 30.0 Å². The van der Waals surface area contributed by atoms with Crippen LogP contribution in [-0.2, 0) is 25.7 Å². The molecular weight excluding hydrogens is 584 g/mol. The number of cyclic esters (lactones) is 1. The summed E-state index contributed by atoms with van der Waals surface area (Å²) in [5, 5.41) is 13.6. The van der Waals surface area contributed by atoms with Gasteiger partial charge in [-0.05, 0) is 36.9 Å². The van der Waals surface area contributed by atoms with Crippen LogP contribution in [0.5, 0.6) is 0 Å². The highest BCUT2D eigenvalue weighted by atomic mass is 16.6. The summed E-state index contributed by atoms with van der Waals surface area (Å²) in [7, 11) is 0. The van der Waals surface area contributed by atoms with E-state index in [-0.39, 0.29) is 37.4 Å². The number of ether oxygens (including phenoxy) is 1. The van der Waals surface area contributed by atoms with Crippen molar-refractivity contribution in [2.45, 2.75) is 51.7 Å². The van der Waals surface area contributed by atoms with Gasteiger partial charge in [0.15, 0.2) is 6.04 Å². The van der Waals surface area contributed by atoms with Crippen LogP contribution in [0.25, 0.3) is 0 Å². The Bertz CT molecular complexity index is 1580. The van der Waals surface area contributed by atoms with E-state index in [4.69, 9.17) is 9.73 Å².